The standard InChI is InChI=1S/C23H28O6/c1-14(10-17-6-8-19(25-4)21(11-17)26-5)15(2)23(29-16(3)24)18-7-9-20-22(12-18)28-13-27-20/h6-9,11-12,14-15,23H,10,13H2,1-5H3/t14-,15-,23+/m1/s1. The first-order chi connectivity index (χ1) is 13.9. The number of hydrogen-bond acceptors (Lipinski definition) is 6. The fourth-order valence-corrected chi connectivity index (χ4v) is 3.61. The van der Waals surface area contributed by atoms with Crippen molar-refractivity contribution in [3.63, 3.8) is 0 Å². The number of fused-ring (bicyclic) bond motifs is 1. The Labute approximate surface area is 171 Å². The van der Waals surface area contributed by atoms with Crippen molar-refractivity contribution in [2.45, 2.75) is 33.3 Å². The van der Waals surface area contributed by atoms with Crippen molar-refractivity contribution >= 4 is 5.97 Å². The van der Waals surface area contributed by atoms with Crippen LogP contribution in [0.3, 0.4) is 0 Å². The lowest BCUT2D eigenvalue weighted by Crippen LogP contribution is -2.23. The van der Waals surface area contributed by atoms with Crippen LogP contribution in [-0.4, -0.2) is 27.0 Å². The Morgan fingerprint density at radius 3 is 2.41 bits per heavy atom. The molecule has 0 fully saturated rings. The molecule has 0 radical (unpaired) electrons. The van der Waals surface area contributed by atoms with Gasteiger partial charge in [0.2, 0.25) is 6.79 Å². The van der Waals surface area contributed by atoms with Gasteiger partial charge in [-0.15, -0.1) is 0 Å². The predicted octanol–water partition coefficient (Wildman–Crippen LogP) is 4.55. The van der Waals surface area contributed by atoms with Gasteiger partial charge in [0.15, 0.2) is 23.0 Å². The molecule has 0 spiro atoms. The van der Waals surface area contributed by atoms with Crippen LogP contribution in [0.25, 0.3) is 0 Å². The summed E-state index contributed by atoms with van der Waals surface area (Å²) in [5.41, 5.74) is 2.03. The van der Waals surface area contributed by atoms with Crippen LogP contribution in [0.4, 0.5) is 0 Å². The predicted molar refractivity (Wildman–Crippen MR) is 109 cm³/mol. The minimum atomic E-state index is -0.378. The van der Waals surface area contributed by atoms with Gasteiger partial charge in [0.1, 0.15) is 6.10 Å². The zero-order valence-electron chi connectivity index (χ0n) is 17.6. The molecule has 1 heterocycles. The Hall–Kier alpha value is -2.89. The molecule has 6 heteroatoms. The van der Waals surface area contributed by atoms with Gasteiger partial charge in [-0.2, -0.15) is 0 Å². The first-order valence-corrected chi connectivity index (χ1v) is 9.70. The summed E-state index contributed by atoms with van der Waals surface area (Å²) in [7, 11) is 3.25. The molecule has 2 aromatic carbocycles. The Morgan fingerprint density at radius 1 is 1.00 bits per heavy atom. The van der Waals surface area contributed by atoms with E-state index in [2.05, 4.69) is 13.8 Å². The highest BCUT2D eigenvalue weighted by atomic mass is 16.7. The number of hydrogen-bond donors (Lipinski definition) is 0. The molecule has 0 aromatic heterocycles. The van der Waals surface area contributed by atoms with Crippen molar-refractivity contribution in [1.82, 2.24) is 0 Å². The summed E-state index contributed by atoms with van der Waals surface area (Å²) >= 11 is 0. The number of carbonyl (C=O) groups excluding carboxylic acids is 1. The van der Waals surface area contributed by atoms with E-state index in [4.69, 9.17) is 23.7 Å². The maximum atomic E-state index is 11.8. The largest absolute Gasteiger partial charge is 0.493 e. The van der Waals surface area contributed by atoms with Gasteiger partial charge in [0.05, 0.1) is 14.2 Å². The van der Waals surface area contributed by atoms with E-state index in [1.807, 2.05) is 36.4 Å². The van der Waals surface area contributed by atoms with Gasteiger partial charge < -0.3 is 23.7 Å². The van der Waals surface area contributed by atoms with Crippen molar-refractivity contribution in [1.29, 1.82) is 0 Å². The minimum Gasteiger partial charge on any atom is -0.493 e. The summed E-state index contributed by atoms with van der Waals surface area (Å²) in [6.07, 6.45) is 0.432. The monoisotopic (exact) mass is 400 g/mol. The van der Waals surface area contributed by atoms with Gasteiger partial charge in [0.25, 0.3) is 0 Å². The maximum Gasteiger partial charge on any atom is 0.303 e. The molecule has 0 bridgehead atoms. The Kier molecular flexibility index (Phi) is 6.52. The third kappa shape index (κ3) is 4.75. The molecule has 3 rings (SSSR count). The van der Waals surface area contributed by atoms with Gasteiger partial charge in [-0.05, 0) is 47.7 Å². The van der Waals surface area contributed by atoms with Crippen molar-refractivity contribution < 1.29 is 28.5 Å². The van der Waals surface area contributed by atoms with Gasteiger partial charge in [-0.1, -0.05) is 26.0 Å². The zero-order valence-corrected chi connectivity index (χ0v) is 17.6. The summed E-state index contributed by atoms with van der Waals surface area (Å²) in [6.45, 7) is 5.91. The Bertz CT molecular complexity index is 862. The first-order valence-electron chi connectivity index (χ1n) is 9.70. The molecule has 0 saturated carbocycles. The average Bonchev–Trinajstić information content (AvgIpc) is 3.19. The van der Waals surface area contributed by atoms with E-state index in [0.717, 1.165) is 17.5 Å². The number of carbonyl (C=O) groups is 1. The molecule has 3 atom stereocenters. The maximum absolute atomic E-state index is 11.8. The summed E-state index contributed by atoms with van der Waals surface area (Å²) in [5, 5.41) is 0. The van der Waals surface area contributed by atoms with Crippen molar-refractivity contribution in [3.05, 3.63) is 47.5 Å². The van der Waals surface area contributed by atoms with Crippen LogP contribution in [0.15, 0.2) is 36.4 Å². The van der Waals surface area contributed by atoms with Crippen molar-refractivity contribution in [2.75, 3.05) is 21.0 Å². The summed E-state index contributed by atoms with van der Waals surface area (Å²) in [6, 6.07) is 11.6. The molecule has 0 unspecified atom stereocenters. The molecule has 0 N–H and O–H groups in total. The lowest BCUT2D eigenvalue weighted by Gasteiger charge is -2.29. The highest BCUT2D eigenvalue weighted by Gasteiger charge is 2.29. The van der Waals surface area contributed by atoms with Gasteiger partial charge in [-0.3, -0.25) is 4.79 Å². The molecule has 156 valence electrons. The second-order valence-electron chi connectivity index (χ2n) is 7.37. The number of benzene rings is 2. The van der Waals surface area contributed by atoms with Gasteiger partial charge in [0, 0.05) is 12.8 Å². The van der Waals surface area contributed by atoms with Crippen LogP contribution in [0.5, 0.6) is 23.0 Å². The molecule has 0 amide bonds. The van der Waals surface area contributed by atoms with Crippen LogP contribution in [0, 0.1) is 11.8 Å². The van der Waals surface area contributed by atoms with Gasteiger partial charge >= 0.3 is 5.97 Å². The highest BCUT2D eigenvalue weighted by molar-refractivity contribution is 5.66. The highest BCUT2D eigenvalue weighted by Crippen LogP contribution is 2.39. The van der Waals surface area contributed by atoms with E-state index in [-0.39, 0.29) is 30.7 Å². The van der Waals surface area contributed by atoms with E-state index in [1.54, 1.807) is 14.2 Å². The topological polar surface area (TPSA) is 63.2 Å². The number of rotatable bonds is 8. The third-order valence-electron chi connectivity index (χ3n) is 5.40. The summed E-state index contributed by atoms with van der Waals surface area (Å²) < 4.78 is 27.3. The second kappa shape index (κ2) is 9.07. The summed E-state index contributed by atoms with van der Waals surface area (Å²) in [5.74, 6) is 2.81. The van der Waals surface area contributed by atoms with E-state index < -0.39 is 0 Å². The van der Waals surface area contributed by atoms with Crippen LogP contribution in [0.2, 0.25) is 0 Å². The van der Waals surface area contributed by atoms with Crippen molar-refractivity contribution in [2.24, 2.45) is 11.8 Å². The van der Waals surface area contributed by atoms with Crippen molar-refractivity contribution in [3.8, 4) is 23.0 Å². The number of ether oxygens (including phenoxy) is 5. The molecular weight excluding hydrogens is 372 g/mol. The Balaban J connectivity index is 1.80. The smallest absolute Gasteiger partial charge is 0.303 e. The molecule has 2 aromatic rings. The summed E-state index contributed by atoms with van der Waals surface area (Å²) in [4.78, 5) is 11.8. The lowest BCUT2D eigenvalue weighted by molar-refractivity contribution is -0.150. The number of esters is 1. The minimum absolute atomic E-state index is 0.0763. The first kappa shape index (κ1) is 20.8. The van der Waals surface area contributed by atoms with Crippen LogP contribution in [-0.2, 0) is 16.0 Å². The van der Waals surface area contributed by atoms with E-state index >= 15 is 0 Å². The van der Waals surface area contributed by atoms with Crippen LogP contribution in [0.1, 0.15) is 38.0 Å². The van der Waals surface area contributed by atoms with E-state index in [0.29, 0.717) is 23.0 Å². The van der Waals surface area contributed by atoms with Crippen LogP contribution < -0.4 is 18.9 Å². The quantitative estimate of drug-likeness (QED) is 0.606. The molecule has 6 nitrogen and oxygen atoms in total. The Morgan fingerprint density at radius 2 is 1.72 bits per heavy atom. The fraction of sp³-hybridized carbons (Fsp3) is 0.435. The van der Waals surface area contributed by atoms with Gasteiger partial charge in [-0.25, -0.2) is 0 Å². The molecular formula is C23H28O6. The molecule has 29 heavy (non-hydrogen) atoms. The molecule has 0 aliphatic carbocycles. The van der Waals surface area contributed by atoms with E-state index in [1.165, 1.54) is 6.92 Å². The van der Waals surface area contributed by atoms with Crippen LogP contribution >= 0.6 is 0 Å². The lowest BCUT2D eigenvalue weighted by atomic mass is 9.83. The molecule has 1 aliphatic rings. The average molecular weight is 400 g/mol. The zero-order chi connectivity index (χ0) is 21.0. The third-order valence-corrected chi connectivity index (χ3v) is 5.40. The van der Waals surface area contributed by atoms with E-state index in [9.17, 15) is 4.79 Å². The normalized spacial score (nSPS) is 15.3. The second-order valence-corrected chi connectivity index (χ2v) is 7.37. The fourth-order valence-electron chi connectivity index (χ4n) is 3.61. The molecule has 0 saturated heterocycles. The number of methoxy groups -OCH3 is 2. The SMILES string of the molecule is COc1ccc(C[C@@H](C)[C@@H](C)[C@H](OC(C)=O)c2ccc3c(c2)OCO3)cc1OC. The molecule has 1 aliphatic heterocycles.